The third-order valence-electron chi connectivity index (χ3n) is 4.10. The van der Waals surface area contributed by atoms with Crippen LogP contribution in [0, 0.1) is 13.8 Å². The van der Waals surface area contributed by atoms with Crippen LogP contribution in [0.25, 0.3) is 0 Å². The van der Waals surface area contributed by atoms with Gasteiger partial charge in [0.1, 0.15) is 0 Å². The number of piperidine rings is 1. The summed E-state index contributed by atoms with van der Waals surface area (Å²) in [6.07, 6.45) is 4.50. The fourth-order valence-electron chi connectivity index (χ4n) is 3.09. The number of carbonyl (C=O) groups is 1. The molecular weight excluding hydrogens is 266 g/mol. The van der Waals surface area contributed by atoms with Crippen molar-refractivity contribution in [1.29, 1.82) is 0 Å². The molecule has 0 bridgehead atoms. The molecular formula is C15H21N5O. The first-order valence-corrected chi connectivity index (χ1v) is 7.36. The summed E-state index contributed by atoms with van der Waals surface area (Å²) >= 11 is 0. The van der Waals surface area contributed by atoms with E-state index in [2.05, 4.69) is 22.4 Å². The van der Waals surface area contributed by atoms with Crippen molar-refractivity contribution in [2.24, 2.45) is 7.05 Å². The average Bonchev–Trinajstić information content (AvgIpc) is 2.94. The zero-order valence-corrected chi connectivity index (χ0v) is 12.8. The first-order valence-electron chi connectivity index (χ1n) is 7.36. The molecule has 0 saturated carbocycles. The van der Waals surface area contributed by atoms with E-state index in [0.717, 1.165) is 29.9 Å². The Kier molecular flexibility index (Phi) is 3.53. The minimum atomic E-state index is 0.101. The Morgan fingerprint density at radius 1 is 1.38 bits per heavy atom. The van der Waals surface area contributed by atoms with Gasteiger partial charge in [0.15, 0.2) is 0 Å². The summed E-state index contributed by atoms with van der Waals surface area (Å²) in [7, 11) is 1.91. The molecule has 6 nitrogen and oxygen atoms in total. The summed E-state index contributed by atoms with van der Waals surface area (Å²) in [5.41, 5.74) is 4.27. The Bertz CT molecular complexity index is 670. The molecule has 1 saturated heterocycles. The normalized spacial score (nSPS) is 18.8. The van der Waals surface area contributed by atoms with E-state index in [-0.39, 0.29) is 11.9 Å². The van der Waals surface area contributed by atoms with Crippen molar-refractivity contribution < 1.29 is 4.79 Å². The van der Waals surface area contributed by atoms with Crippen molar-refractivity contribution in [3.05, 3.63) is 34.9 Å². The number of aryl methyl sites for hydroxylation is 2. The molecule has 2 aromatic rings. The lowest BCUT2D eigenvalue weighted by Crippen LogP contribution is -2.33. The quantitative estimate of drug-likeness (QED) is 0.933. The third-order valence-corrected chi connectivity index (χ3v) is 4.10. The second-order valence-electron chi connectivity index (χ2n) is 5.74. The van der Waals surface area contributed by atoms with Gasteiger partial charge in [0, 0.05) is 30.9 Å². The Balaban J connectivity index is 1.87. The number of rotatable bonds is 3. The Hall–Kier alpha value is -2.11. The van der Waals surface area contributed by atoms with Crippen LogP contribution in [0.4, 0.5) is 0 Å². The predicted molar refractivity (Wildman–Crippen MR) is 78.7 cm³/mol. The van der Waals surface area contributed by atoms with Crippen LogP contribution in [0.3, 0.4) is 0 Å². The molecule has 1 aliphatic heterocycles. The molecule has 0 aliphatic carbocycles. The molecule has 1 atom stereocenters. The highest BCUT2D eigenvalue weighted by molar-refractivity contribution is 5.77. The van der Waals surface area contributed by atoms with Crippen LogP contribution in [-0.2, 0) is 18.4 Å². The van der Waals surface area contributed by atoms with Crippen LogP contribution in [0.1, 0.15) is 47.9 Å². The van der Waals surface area contributed by atoms with E-state index in [1.165, 1.54) is 5.56 Å². The molecule has 1 fully saturated rings. The molecule has 0 spiro atoms. The van der Waals surface area contributed by atoms with E-state index < -0.39 is 0 Å². The van der Waals surface area contributed by atoms with Crippen LogP contribution in [0.5, 0.6) is 0 Å². The van der Waals surface area contributed by atoms with Gasteiger partial charge in [-0.2, -0.15) is 10.2 Å². The van der Waals surface area contributed by atoms with Gasteiger partial charge in [0.05, 0.1) is 24.0 Å². The van der Waals surface area contributed by atoms with E-state index in [0.29, 0.717) is 13.0 Å². The van der Waals surface area contributed by atoms with Gasteiger partial charge in [-0.3, -0.25) is 14.2 Å². The van der Waals surface area contributed by atoms with Crippen molar-refractivity contribution in [1.82, 2.24) is 24.9 Å². The van der Waals surface area contributed by atoms with Crippen LogP contribution in [0.15, 0.2) is 12.3 Å². The smallest absolute Gasteiger partial charge is 0.220 e. The number of amides is 1. The van der Waals surface area contributed by atoms with Gasteiger partial charge < -0.3 is 5.32 Å². The molecule has 21 heavy (non-hydrogen) atoms. The highest BCUT2D eigenvalue weighted by Gasteiger charge is 2.25. The fraction of sp³-hybridized carbons (Fsp3) is 0.533. The van der Waals surface area contributed by atoms with Crippen LogP contribution in [-0.4, -0.2) is 25.5 Å². The molecule has 3 rings (SSSR count). The van der Waals surface area contributed by atoms with Crippen molar-refractivity contribution in [2.75, 3.05) is 0 Å². The number of nitrogens with zero attached hydrogens (tertiary/aromatic N) is 4. The minimum absolute atomic E-state index is 0.101. The lowest BCUT2D eigenvalue weighted by molar-refractivity contribution is -0.123. The van der Waals surface area contributed by atoms with Crippen molar-refractivity contribution in [2.45, 2.75) is 45.7 Å². The van der Waals surface area contributed by atoms with Crippen LogP contribution in [0.2, 0.25) is 0 Å². The lowest BCUT2D eigenvalue weighted by atomic mass is 9.96. The SMILES string of the molecule is Cc1nn(Cc2ccn(C)n2)c(C)c1C1CCCC(=O)N1. The first kappa shape index (κ1) is 13.9. The molecule has 3 heterocycles. The van der Waals surface area contributed by atoms with Gasteiger partial charge >= 0.3 is 0 Å². The number of aromatic nitrogens is 4. The van der Waals surface area contributed by atoms with Crippen molar-refractivity contribution in [3.63, 3.8) is 0 Å². The standard InChI is InChI=1S/C15H21N5O/c1-10-15(13-5-4-6-14(21)16-13)11(2)20(17-10)9-12-7-8-19(3)18-12/h7-8,13H,4-6,9H2,1-3H3,(H,16,21). The van der Waals surface area contributed by atoms with Gasteiger partial charge in [-0.05, 0) is 32.8 Å². The summed E-state index contributed by atoms with van der Waals surface area (Å²) in [6.45, 7) is 4.74. The first-order chi connectivity index (χ1) is 10.0. The van der Waals surface area contributed by atoms with Gasteiger partial charge in [-0.15, -0.1) is 0 Å². The summed E-state index contributed by atoms with van der Waals surface area (Å²) in [5.74, 6) is 0.141. The van der Waals surface area contributed by atoms with Gasteiger partial charge in [-0.25, -0.2) is 0 Å². The summed E-state index contributed by atoms with van der Waals surface area (Å²) < 4.78 is 3.77. The predicted octanol–water partition coefficient (Wildman–Crippen LogP) is 1.62. The number of carbonyl (C=O) groups excluding carboxylic acids is 1. The molecule has 2 aromatic heterocycles. The van der Waals surface area contributed by atoms with E-state index in [1.54, 1.807) is 4.68 Å². The molecule has 0 radical (unpaired) electrons. The highest BCUT2D eigenvalue weighted by Crippen LogP contribution is 2.28. The maximum atomic E-state index is 11.6. The second kappa shape index (κ2) is 5.35. The summed E-state index contributed by atoms with van der Waals surface area (Å²) in [4.78, 5) is 11.6. The van der Waals surface area contributed by atoms with E-state index in [1.807, 2.05) is 30.9 Å². The summed E-state index contributed by atoms with van der Waals surface area (Å²) in [5, 5.41) is 12.1. The summed E-state index contributed by atoms with van der Waals surface area (Å²) in [6, 6.07) is 2.10. The van der Waals surface area contributed by atoms with Crippen LogP contribution < -0.4 is 5.32 Å². The average molecular weight is 287 g/mol. The Labute approximate surface area is 124 Å². The third kappa shape index (κ3) is 2.70. The monoisotopic (exact) mass is 287 g/mol. The minimum Gasteiger partial charge on any atom is -0.349 e. The van der Waals surface area contributed by atoms with Gasteiger partial charge in [-0.1, -0.05) is 0 Å². The molecule has 6 heteroatoms. The van der Waals surface area contributed by atoms with E-state index in [9.17, 15) is 4.79 Å². The largest absolute Gasteiger partial charge is 0.349 e. The van der Waals surface area contributed by atoms with Gasteiger partial charge in [0.2, 0.25) is 5.91 Å². The Morgan fingerprint density at radius 3 is 2.86 bits per heavy atom. The maximum Gasteiger partial charge on any atom is 0.220 e. The Morgan fingerprint density at radius 2 is 2.19 bits per heavy atom. The molecule has 1 aliphatic rings. The highest BCUT2D eigenvalue weighted by atomic mass is 16.1. The van der Waals surface area contributed by atoms with Crippen LogP contribution >= 0.6 is 0 Å². The zero-order chi connectivity index (χ0) is 15.0. The number of hydrogen-bond donors (Lipinski definition) is 1. The maximum absolute atomic E-state index is 11.6. The second-order valence-corrected chi connectivity index (χ2v) is 5.74. The zero-order valence-electron chi connectivity index (χ0n) is 12.8. The topological polar surface area (TPSA) is 64.7 Å². The number of hydrogen-bond acceptors (Lipinski definition) is 3. The van der Waals surface area contributed by atoms with Gasteiger partial charge in [0.25, 0.3) is 0 Å². The molecule has 1 unspecified atom stereocenters. The van der Waals surface area contributed by atoms with Crippen molar-refractivity contribution in [3.8, 4) is 0 Å². The molecule has 0 aromatic carbocycles. The lowest BCUT2D eigenvalue weighted by Gasteiger charge is -2.23. The number of nitrogens with one attached hydrogen (secondary N) is 1. The molecule has 1 N–H and O–H groups in total. The van der Waals surface area contributed by atoms with Crippen molar-refractivity contribution >= 4 is 5.91 Å². The van der Waals surface area contributed by atoms with E-state index >= 15 is 0 Å². The van der Waals surface area contributed by atoms with E-state index in [4.69, 9.17) is 0 Å². The molecule has 1 amide bonds. The fourth-order valence-corrected chi connectivity index (χ4v) is 3.09. The molecule has 112 valence electrons.